The predicted molar refractivity (Wildman–Crippen MR) is 175 cm³/mol. The monoisotopic (exact) mass is 699 g/mol. The van der Waals surface area contributed by atoms with Gasteiger partial charge in [-0.15, -0.1) is 0 Å². The van der Waals surface area contributed by atoms with E-state index < -0.39 is 78.8 Å². The number of hydrogen-bond donors (Lipinski definition) is 10. The summed E-state index contributed by atoms with van der Waals surface area (Å²) >= 11 is 0. The molecular weight excluding hydrogens is 638 g/mol. The minimum Gasteiger partial charge on any atom is -0.394 e. The second kappa shape index (κ2) is 15.8. The molecule has 5 fully saturated rings. The zero-order chi connectivity index (χ0) is 35.8. The van der Waals surface area contributed by atoms with Crippen molar-refractivity contribution in [2.75, 3.05) is 33.9 Å². The van der Waals surface area contributed by atoms with Crippen LogP contribution in [0.1, 0.15) is 58.8 Å². The fraction of sp³-hybridized carbons (Fsp3) is 0.912. The third-order valence-corrected chi connectivity index (χ3v) is 12.8. The number of ether oxygens (including phenoxy) is 3. The molecule has 3 saturated carbocycles. The standard InChI is InChI=1S/C34H59N5O10/c1-5-17-20(47-4)12-21(26-24(17)27(41)18-10-15(2)19(13-39-33(36)37-3)28(42)25(18)29(26)43)48-32-30(44)31(45)34(46,22(14-40)49-32)8-6-16-7-9-38-23(35)11-16/h15-26,28,30-32,38,40,42,44-46H,5-14,35H2,1-4H3,(H3,36,37,39)/p+2. The molecule has 0 aromatic rings. The Morgan fingerprint density at radius 1 is 1.08 bits per heavy atom. The Labute approximate surface area is 288 Å². The summed E-state index contributed by atoms with van der Waals surface area (Å²) in [5.41, 5.74) is 10.0. The Hall–Kier alpha value is -1.79. The smallest absolute Gasteiger partial charge is 0.340 e. The van der Waals surface area contributed by atoms with Crippen molar-refractivity contribution >= 4 is 17.5 Å². The number of methoxy groups -OCH3 is 1. The Morgan fingerprint density at radius 3 is 2.45 bits per heavy atom. The number of fused-ring (bicyclic) bond motifs is 2. The van der Waals surface area contributed by atoms with E-state index in [1.54, 1.807) is 14.2 Å². The molecule has 0 radical (unpaired) electrons. The number of guanidine groups is 1. The van der Waals surface area contributed by atoms with Gasteiger partial charge in [-0.3, -0.25) is 31.4 Å². The van der Waals surface area contributed by atoms with E-state index >= 15 is 0 Å². The molecule has 0 spiro atoms. The van der Waals surface area contributed by atoms with Crippen LogP contribution < -0.4 is 27.1 Å². The highest BCUT2D eigenvalue weighted by Gasteiger charge is 2.63. The van der Waals surface area contributed by atoms with Crippen LogP contribution in [0.4, 0.5) is 0 Å². The first kappa shape index (κ1) is 38.4. The molecule has 2 heterocycles. The summed E-state index contributed by atoms with van der Waals surface area (Å²) in [6.07, 6.45) is -5.34. The van der Waals surface area contributed by atoms with E-state index in [0.717, 1.165) is 19.4 Å². The van der Waals surface area contributed by atoms with Crippen LogP contribution in [0.25, 0.3) is 0 Å². The number of ketones is 2. The van der Waals surface area contributed by atoms with Crippen molar-refractivity contribution < 1.29 is 59.6 Å². The van der Waals surface area contributed by atoms with Crippen LogP contribution in [-0.4, -0.2) is 132 Å². The fourth-order valence-electron chi connectivity index (χ4n) is 9.92. The van der Waals surface area contributed by atoms with Crippen molar-refractivity contribution in [2.45, 2.75) is 113 Å². The fourth-order valence-corrected chi connectivity index (χ4v) is 9.92. The van der Waals surface area contributed by atoms with Crippen LogP contribution in [-0.2, 0) is 23.8 Å². The lowest BCUT2D eigenvalue weighted by Gasteiger charge is -2.55. The van der Waals surface area contributed by atoms with Crippen LogP contribution in [0.2, 0.25) is 0 Å². The van der Waals surface area contributed by atoms with Crippen LogP contribution in [0, 0.1) is 47.3 Å². The van der Waals surface area contributed by atoms with Gasteiger partial charge in [-0.1, -0.05) is 20.3 Å². The number of aliphatic hydroxyl groups excluding tert-OH is 4. The molecule has 17 unspecified atom stereocenters. The number of hydrogen-bond acceptors (Lipinski definition) is 11. The van der Waals surface area contributed by atoms with E-state index in [2.05, 4.69) is 15.6 Å². The molecule has 0 amide bonds. The van der Waals surface area contributed by atoms with Gasteiger partial charge < -0.3 is 45.1 Å². The van der Waals surface area contributed by atoms with Crippen LogP contribution >= 0.6 is 0 Å². The summed E-state index contributed by atoms with van der Waals surface area (Å²) in [6.45, 7) is 4.45. The molecule has 280 valence electrons. The number of nitrogens with one attached hydrogen (secondary N) is 2. The number of piperidine rings is 1. The molecule has 0 aromatic heterocycles. The van der Waals surface area contributed by atoms with Gasteiger partial charge in [0.1, 0.15) is 41.6 Å². The van der Waals surface area contributed by atoms with Crippen LogP contribution in [0.3, 0.4) is 0 Å². The number of nitrogens with two attached hydrogens (primary N) is 3. The molecule has 3 aliphatic carbocycles. The molecule has 0 aromatic carbocycles. The normalized spacial score (nSPS) is 47.8. The first-order valence-corrected chi connectivity index (χ1v) is 18.2. The van der Waals surface area contributed by atoms with Crippen molar-refractivity contribution in [1.29, 1.82) is 0 Å². The van der Waals surface area contributed by atoms with Crippen molar-refractivity contribution in [3.63, 3.8) is 0 Å². The average molecular weight is 700 g/mol. The van der Waals surface area contributed by atoms with Crippen molar-refractivity contribution in [3.8, 4) is 0 Å². The number of Topliss-reactive ketones (excluding diaryl/α,β-unsaturated/α-hetero) is 2. The molecule has 15 nitrogen and oxygen atoms in total. The van der Waals surface area contributed by atoms with Gasteiger partial charge in [-0.05, 0) is 43.4 Å². The second-order valence-corrected chi connectivity index (χ2v) is 15.4. The quantitative estimate of drug-likeness (QED) is 0.0761. The largest absolute Gasteiger partial charge is 0.394 e. The van der Waals surface area contributed by atoms with Gasteiger partial charge >= 0.3 is 5.96 Å². The van der Waals surface area contributed by atoms with Crippen molar-refractivity contribution in [1.82, 2.24) is 5.32 Å². The van der Waals surface area contributed by atoms with Gasteiger partial charge in [-0.2, -0.15) is 0 Å². The van der Waals surface area contributed by atoms with Crippen molar-refractivity contribution in [3.05, 3.63) is 0 Å². The molecule has 2 saturated heterocycles. The van der Waals surface area contributed by atoms with Gasteiger partial charge in [-0.25, -0.2) is 0 Å². The maximum atomic E-state index is 14.6. The van der Waals surface area contributed by atoms with Gasteiger partial charge in [0.05, 0.1) is 56.9 Å². The minimum absolute atomic E-state index is 0.0403. The molecule has 13 N–H and O–H groups in total. The van der Waals surface area contributed by atoms with E-state index in [9.17, 15) is 35.1 Å². The Bertz CT molecular complexity index is 1190. The third-order valence-electron chi connectivity index (χ3n) is 12.8. The van der Waals surface area contributed by atoms with Crippen LogP contribution in [0.15, 0.2) is 0 Å². The zero-order valence-corrected chi connectivity index (χ0v) is 29.3. The zero-order valence-electron chi connectivity index (χ0n) is 29.3. The first-order valence-electron chi connectivity index (χ1n) is 18.2. The summed E-state index contributed by atoms with van der Waals surface area (Å²) in [5.74, 6) is -3.79. The molecule has 15 heteroatoms. The summed E-state index contributed by atoms with van der Waals surface area (Å²) in [5, 5.41) is 61.4. The molecule has 5 rings (SSSR count). The van der Waals surface area contributed by atoms with Gasteiger partial charge in [0.2, 0.25) is 0 Å². The van der Waals surface area contributed by atoms with Crippen LogP contribution in [0.5, 0.6) is 0 Å². The highest BCUT2D eigenvalue weighted by atomic mass is 16.7. The summed E-state index contributed by atoms with van der Waals surface area (Å²) < 4.78 is 18.2. The number of aliphatic hydroxyl groups is 5. The highest BCUT2D eigenvalue weighted by molar-refractivity contribution is 6.00. The second-order valence-electron chi connectivity index (χ2n) is 15.4. The summed E-state index contributed by atoms with van der Waals surface area (Å²) in [4.78, 5) is 31.8. The molecule has 49 heavy (non-hydrogen) atoms. The van der Waals surface area contributed by atoms with E-state index in [1.165, 1.54) is 0 Å². The maximum absolute atomic E-state index is 14.6. The number of quaternary nitrogens is 1. The highest BCUT2D eigenvalue weighted by Crippen LogP contribution is 2.53. The van der Waals surface area contributed by atoms with Gasteiger partial charge in [0, 0.05) is 37.7 Å². The summed E-state index contributed by atoms with van der Waals surface area (Å²) in [6, 6.07) is 0. The lowest BCUT2D eigenvalue weighted by atomic mass is 9.51. The van der Waals surface area contributed by atoms with Gasteiger partial charge in [0.25, 0.3) is 0 Å². The summed E-state index contributed by atoms with van der Waals surface area (Å²) in [7, 11) is 3.22. The maximum Gasteiger partial charge on any atom is 0.340 e. The van der Waals surface area contributed by atoms with Crippen molar-refractivity contribution in [2.24, 2.45) is 58.8 Å². The number of rotatable bonds is 10. The molecule has 17 atom stereocenters. The Kier molecular flexibility index (Phi) is 12.4. The van der Waals surface area contributed by atoms with E-state index in [0.29, 0.717) is 31.8 Å². The minimum atomic E-state index is -1.96. The predicted octanol–water partition coefficient (Wildman–Crippen LogP) is -4.73. The first-order chi connectivity index (χ1) is 23.3. The van der Waals surface area contributed by atoms with E-state index in [1.807, 2.05) is 13.8 Å². The Morgan fingerprint density at radius 2 is 1.82 bits per heavy atom. The lowest BCUT2D eigenvalue weighted by molar-refractivity contribution is -0.699. The molecule has 5 aliphatic rings. The lowest BCUT2D eigenvalue weighted by Crippen LogP contribution is -2.94. The molecule has 2 aliphatic heterocycles. The van der Waals surface area contributed by atoms with E-state index in [4.69, 9.17) is 25.7 Å². The molecule has 0 bridgehead atoms. The SMILES string of the molecule is CCC1C(OC)CC(OC2OC(CO)C(O)(CCC3CC[NH2+]C(N)C3)C(O)C2O)C2C(=O)C3C(CC(C)C(CNC(N)=[NH+]C)C3O)C(=O)C12. The average Bonchev–Trinajstić information content (AvgIpc) is 3.08. The van der Waals surface area contributed by atoms with E-state index in [-0.39, 0.29) is 54.2 Å². The topological polar surface area (TPSA) is 258 Å². The Balaban J connectivity index is 1.38. The third kappa shape index (κ3) is 7.30. The van der Waals surface area contributed by atoms with Gasteiger partial charge in [0.15, 0.2) is 6.29 Å². The molecular formula is C34H61N5O10+2. The number of carbonyl (C=O) groups is 2. The number of carbonyl (C=O) groups excluding carboxylic acids is 2.